The summed E-state index contributed by atoms with van der Waals surface area (Å²) in [7, 11) is 0. The fourth-order valence-electron chi connectivity index (χ4n) is 5.12. The van der Waals surface area contributed by atoms with Gasteiger partial charge in [0, 0.05) is 37.3 Å². The summed E-state index contributed by atoms with van der Waals surface area (Å²) in [4.78, 5) is 26.4. The van der Waals surface area contributed by atoms with Crippen molar-refractivity contribution >= 4 is 23.8 Å². The number of aliphatic hydroxyl groups excluding tert-OH is 1. The van der Waals surface area contributed by atoms with Gasteiger partial charge >= 0.3 is 0 Å². The molecule has 2 aromatic rings. The maximum atomic E-state index is 12.5. The highest BCUT2D eigenvalue weighted by Gasteiger charge is 2.21. The lowest BCUT2D eigenvalue weighted by Crippen LogP contribution is -2.29. The number of nitrogens with zero attached hydrogens (tertiary/aromatic N) is 3. The molecule has 1 amide bonds. The van der Waals surface area contributed by atoms with E-state index in [0.29, 0.717) is 75.5 Å². The van der Waals surface area contributed by atoms with Crippen LogP contribution >= 0.6 is 0 Å². The van der Waals surface area contributed by atoms with Gasteiger partial charge in [-0.15, -0.1) is 0 Å². The number of amides is 1. The standard InChI is InChI=1S/C29H46N8O4/c30-14-16-40-18-19-41-17-15-31-26(39)22-8-6-21(7-9-22)20-32-27-35-28(33-23-4-2-1-3-5-23)37-29(36-27)34-24-10-12-25(38)13-11-24/h6-9,23-25,38H,1-5,10-20,30H2,(H,31,39)(H3,32,33,34,35,36,37). The van der Waals surface area contributed by atoms with Crippen LogP contribution in [0.15, 0.2) is 24.3 Å². The summed E-state index contributed by atoms with van der Waals surface area (Å²) in [5.74, 6) is 1.47. The van der Waals surface area contributed by atoms with E-state index >= 15 is 0 Å². The first-order chi connectivity index (χ1) is 20.1. The van der Waals surface area contributed by atoms with Gasteiger partial charge in [0.25, 0.3) is 5.91 Å². The lowest BCUT2D eigenvalue weighted by Gasteiger charge is -2.27. The van der Waals surface area contributed by atoms with Crippen molar-refractivity contribution < 1.29 is 19.4 Å². The maximum Gasteiger partial charge on any atom is 0.251 e. The summed E-state index contributed by atoms with van der Waals surface area (Å²) in [5, 5.41) is 23.0. The molecule has 12 heteroatoms. The van der Waals surface area contributed by atoms with Crippen molar-refractivity contribution in [3.63, 3.8) is 0 Å². The molecule has 4 rings (SSSR count). The number of nitrogens with two attached hydrogens (primary N) is 1. The molecule has 0 atom stereocenters. The molecule has 0 aliphatic heterocycles. The summed E-state index contributed by atoms with van der Waals surface area (Å²) in [6, 6.07) is 8.06. The van der Waals surface area contributed by atoms with Gasteiger partial charge in [-0.3, -0.25) is 4.79 Å². The van der Waals surface area contributed by atoms with Crippen LogP contribution in [0.1, 0.15) is 73.7 Å². The molecular weight excluding hydrogens is 524 g/mol. The highest BCUT2D eigenvalue weighted by atomic mass is 16.5. The van der Waals surface area contributed by atoms with E-state index in [1.54, 1.807) is 0 Å². The maximum absolute atomic E-state index is 12.5. The molecule has 0 spiro atoms. The second kappa shape index (κ2) is 17.0. The van der Waals surface area contributed by atoms with Crippen LogP contribution in [0.4, 0.5) is 17.8 Å². The van der Waals surface area contributed by atoms with Crippen molar-refractivity contribution in [1.29, 1.82) is 0 Å². The average Bonchev–Trinajstić information content (AvgIpc) is 2.99. The van der Waals surface area contributed by atoms with E-state index in [1.165, 1.54) is 19.3 Å². The largest absolute Gasteiger partial charge is 0.393 e. The van der Waals surface area contributed by atoms with E-state index in [0.717, 1.165) is 44.1 Å². The number of aliphatic hydroxyl groups is 1. The Morgan fingerprint density at radius 2 is 1.41 bits per heavy atom. The molecule has 2 aliphatic rings. The number of benzene rings is 1. The molecule has 12 nitrogen and oxygen atoms in total. The zero-order chi connectivity index (χ0) is 28.7. The zero-order valence-corrected chi connectivity index (χ0v) is 23.9. The van der Waals surface area contributed by atoms with E-state index in [4.69, 9.17) is 15.2 Å². The van der Waals surface area contributed by atoms with Crippen LogP contribution in [0.3, 0.4) is 0 Å². The summed E-state index contributed by atoms with van der Waals surface area (Å²) in [5.41, 5.74) is 6.96. The van der Waals surface area contributed by atoms with Crippen LogP contribution < -0.4 is 27.0 Å². The van der Waals surface area contributed by atoms with Crippen molar-refractivity contribution in [3.05, 3.63) is 35.4 Å². The SMILES string of the molecule is NCCOCCOCCNC(=O)c1ccc(CNc2nc(NC3CCCCC3)nc(NC3CCC(O)CC3)n2)cc1. The molecule has 226 valence electrons. The van der Waals surface area contributed by atoms with Gasteiger partial charge in [-0.25, -0.2) is 0 Å². The number of carbonyl (C=O) groups is 1. The quantitative estimate of drug-likeness (QED) is 0.164. The molecule has 1 heterocycles. The van der Waals surface area contributed by atoms with Crippen molar-refractivity contribution in [1.82, 2.24) is 20.3 Å². The minimum atomic E-state index is -0.212. The summed E-state index contributed by atoms with van der Waals surface area (Å²) >= 11 is 0. The molecule has 2 aliphatic carbocycles. The van der Waals surface area contributed by atoms with E-state index in [2.05, 4.69) is 36.2 Å². The minimum Gasteiger partial charge on any atom is -0.393 e. The van der Waals surface area contributed by atoms with Gasteiger partial charge in [0.1, 0.15) is 0 Å². The van der Waals surface area contributed by atoms with Crippen LogP contribution in [0.5, 0.6) is 0 Å². The number of hydrogen-bond acceptors (Lipinski definition) is 11. The molecule has 2 fully saturated rings. The predicted octanol–water partition coefficient (Wildman–Crippen LogP) is 2.67. The van der Waals surface area contributed by atoms with Crippen LogP contribution in [0.25, 0.3) is 0 Å². The Morgan fingerprint density at radius 1 is 0.805 bits per heavy atom. The predicted molar refractivity (Wildman–Crippen MR) is 159 cm³/mol. The van der Waals surface area contributed by atoms with Gasteiger partial charge in [0.2, 0.25) is 17.8 Å². The van der Waals surface area contributed by atoms with E-state index < -0.39 is 0 Å². The average molecular weight is 571 g/mol. The number of ether oxygens (including phenoxy) is 2. The van der Waals surface area contributed by atoms with Crippen LogP contribution in [0, 0.1) is 0 Å². The summed E-state index contributed by atoms with van der Waals surface area (Å²) in [6.45, 7) is 3.32. The van der Waals surface area contributed by atoms with E-state index in [1.807, 2.05) is 24.3 Å². The molecule has 0 radical (unpaired) electrons. The highest BCUT2D eigenvalue weighted by molar-refractivity contribution is 5.94. The third kappa shape index (κ3) is 11.0. The molecule has 2 saturated carbocycles. The Labute approximate surface area is 242 Å². The molecule has 0 saturated heterocycles. The van der Waals surface area contributed by atoms with Crippen molar-refractivity contribution in [2.45, 2.75) is 82.5 Å². The van der Waals surface area contributed by atoms with Crippen molar-refractivity contribution in [2.24, 2.45) is 5.73 Å². The molecule has 7 N–H and O–H groups in total. The topological polar surface area (TPSA) is 169 Å². The summed E-state index contributed by atoms with van der Waals surface area (Å²) in [6.07, 6.45) is 9.09. The first-order valence-electron chi connectivity index (χ1n) is 15.0. The van der Waals surface area contributed by atoms with Gasteiger partial charge in [-0.2, -0.15) is 15.0 Å². The number of nitrogens with one attached hydrogen (secondary N) is 4. The van der Waals surface area contributed by atoms with Gasteiger partial charge in [-0.1, -0.05) is 31.4 Å². The Bertz CT molecular complexity index is 1040. The normalized spacial score (nSPS) is 19.5. The number of rotatable bonds is 16. The van der Waals surface area contributed by atoms with Crippen LogP contribution in [-0.2, 0) is 16.0 Å². The molecule has 0 bridgehead atoms. The number of carbonyl (C=O) groups excluding carboxylic acids is 1. The lowest BCUT2D eigenvalue weighted by atomic mass is 9.93. The Morgan fingerprint density at radius 3 is 2.07 bits per heavy atom. The third-order valence-corrected chi connectivity index (χ3v) is 7.44. The zero-order valence-electron chi connectivity index (χ0n) is 23.9. The lowest BCUT2D eigenvalue weighted by molar-refractivity contribution is 0.0511. The second-order valence-electron chi connectivity index (χ2n) is 10.8. The van der Waals surface area contributed by atoms with Crippen LogP contribution in [0.2, 0.25) is 0 Å². The van der Waals surface area contributed by atoms with Crippen LogP contribution in [-0.4, -0.2) is 83.7 Å². The first-order valence-corrected chi connectivity index (χ1v) is 15.0. The van der Waals surface area contributed by atoms with Gasteiger partial charge in [0.15, 0.2) is 0 Å². The third-order valence-electron chi connectivity index (χ3n) is 7.44. The van der Waals surface area contributed by atoms with Gasteiger partial charge in [0.05, 0.1) is 32.5 Å². The Balaban J connectivity index is 1.28. The van der Waals surface area contributed by atoms with Gasteiger partial charge in [-0.05, 0) is 56.2 Å². The smallest absolute Gasteiger partial charge is 0.251 e. The number of aromatic nitrogens is 3. The highest BCUT2D eigenvalue weighted by Crippen LogP contribution is 2.24. The monoisotopic (exact) mass is 570 g/mol. The molecular formula is C29H46N8O4. The second-order valence-corrected chi connectivity index (χ2v) is 10.8. The first kappa shape index (κ1) is 30.9. The van der Waals surface area contributed by atoms with E-state index in [9.17, 15) is 9.90 Å². The Kier molecular flexibility index (Phi) is 12.8. The molecule has 41 heavy (non-hydrogen) atoms. The van der Waals surface area contributed by atoms with Crippen molar-refractivity contribution in [2.75, 3.05) is 55.5 Å². The fraction of sp³-hybridized carbons (Fsp3) is 0.655. The Hall–Kier alpha value is -3.06. The fourth-order valence-corrected chi connectivity index (χ4v) is 5.12. The number of anilines is 3. The molecule has 1 aromatic carbocycles. The molecule has 0 unspecified atom stereocenters. The molecule has 1 aromatic heterocycles. The van der Waals surface area contributed by atoms with Crippen molar-refractivity contribution in [3.8, 4) is 0 Å². The minimum absolute atomic E-state index is 0.144. The summed E-state index contributed by atoms with van der Waals surface area (Å²) < 4.78 is 10.7. The van der Waals surface area contributed by atoms with E-state index in [-0.39, 0.29) is 18.1 Å². The number of hydrogen-bond donors (Lipinski definition) is 6. The van der Waals surface area contributed by atoms with Gasteiger partial charge < -0.3 is 41.6 Å².